The summed E-state index contributed by atoms with van der Waals surface area (Å²) in [7, 11) is 3.45. The first-order valence-corrected chi connectivity index (χ1v) is 9.16. The number of fused-ring (bicyclic) bond motifs is 1. The van der Waals surface area contributed by atoms with Crippen molar-refractivity contribution in [2.75, 3.05) is 20.8 Å². The number of thiophene rings is 1. The summed E-state index contributed by atoms with van der Waals surface area (Å²) in [5.74, 6) is 0.877. The molecular weight excluding hydrogens is 324 g/mol. The average Bonchev–Trinajstić information content (AvgIpc) is 3.16. The first-order valence-electron chi connectivity index (χ1n) is 8.28. The molecule has 0 unspecified atom stereocenters. The van der Waals surface area contributed by atoms with Gasteiger partial charge in [0.05, 0.1) is 31.5 Å². The molecule has 2 heterocycles. The molecule has 0 spiro atoms. The second-order valence-electron chi connectivity index (χ2n) is 7.15. The highest BCUT2D eigenvalue weighted by Crippen LogP contribution is 2.41. The first-order chi connectivity index (χ1) is 11.4. The van der Waals surface area contributed by atoms with Gasteiger partial charge in [-0.3, -0.25) is 0 Å². The Morgan fingerprint density at radius 1 is 1.25 bits per heavy atom. The van der Waals surface area contributed by atoms with E-state index in [-0.39, 0.29) is 23.9 Å². The normalized spacial score (nSPS) is 24.6. The molecule has 1 aromatic carbocycles. The van der Waals surface area contributed by atoms with E-state index in [0.29, 0.717) is 6.61 Å². The Labute approximate surface area is 147 Å². The van der Waals surface area contributed by atoms with Crippen LogP contribution in [-0.2, 0) is 14.2 Å². The first kappa shape index (κ1) is 17.7. The maximum Gasteiger partial charge on any atom is 0.126 e. The molecule has 0 radical (unpaired) electrons. The molecule has 1 aromatic heterocycles. The van der Waals surface area contributed by atoms with Crippen LogP contribution in [0.4, 0.5) is 0 Å². The van der Waals surface area contributed by atoms with Crippen molar-refractivity contribution in [2.45, 2.75) is 51.1 Å². The average molecular weight is 350 g/mol. The van der Waals surface area contributed by atoms with Gasteiger partial charge in [0.2, 0.25) is 0 Å². The number of methoxy groups -OCH3 is 2. The molecule has 0 bridgehead atoms. The lowest BCUT2D eigenvalue weighted by atomic mass is 10.0. The maximum atomic E-state index is 6.29. The van der Waals surface area contributed by atoms with Crippen molar-refractivity contribution in [3.05, 3.63) is 29.1 Å². The largest absolute Gasteiger partial charge is 0.496 e. The molecule has 3 atom stereocenters. The minimum atomic E-state index is -0.187. The van der Waals surface area contributed by atoms with Crippen molar-refractivity contribution in [3.63, 3.8) is 0 Å². The molecule has 0 amide bonds. The number of ether oxygens (including phenoxy) is 4. The van der Waals surface area contributed by atoms with Crippen LogP contribution in [0.5, 0.6) is 5.75 Å². The van der Waals surface area contributed by atoms with E-state index in [1.54, 1.807) is 25.6 Å². The van der Waals surface area contributed by atoms with Crippen molar-refractivity contribution >= 4 is 21.4 Å². The Bertz CT molecular complexity index is 688. The summed E-state index contributed by atoms with van der Waals surface area (Å²) in [5.41, 5.74) is 0.899. The van der Waals surface area contributed by atoms with Crippen molar-refractivity contribution in [1.82, 2.24) is 0 Å². The standard InChI is InChI=1S/C19H26O4S/c1-19(2,3)22-11-17-16(21-5)9-15(23-17)13-8-12-6-7-24-18(12)10-14(13)20-4/h6-8,10,15-17H,9,11H2,1-5H3/t15-,16-,17-/m1/s1. The van der Waals surface area contributed by atoms with E-state index in [4.69, 9.17) is 18.9 Å². The van der Waals surface area contributed by atoms with Crippen LogP contribution >= 0.6 is 11.3 Å². The van der Waals surface area contributed by atoms with Gasteiger partial charge >= 0.3 is 0 Å². The molecule has 1 aliphatic rings. The van der Waals surface area contributed by atoms with Gasteiger partial charge in [-0.1, -0.05) is 0 Å². The summed E-state index contributed by atoms with van der Waals surface area (Å²) in [6.07, 6.45) is 0.728. The van der Waals surface area contributed by atoms with Crippen LogP contribution in [0.3, 0.4) is 0 Å². The van der Waals surface area contributed by atoms with Crippen LogP contribution in [0.2, 0.25) is 0 Å². The fourth-order valence-corrected chi connectivity index (χ4v) is 3.88. The number of benzene rings is 1. The third kappa shape index (κ3) is 3.75. The van der Waals surface area contributed by atoms with E-state index < -0.39 is 0 Å². The molecular formula is C19H26O4S. The molecule has 2 aromatic rings. The number of hydrogen-bond acceptors (Lipinski definition) is 5. The highest BCUT2D eigenvalue weighted by atomic mass is 32.1. The van der Waals surface area contributed by atoms with Gasteiger partial charge in [0.25, 0.3) is 0 Å². The van der Waals surface area contributed by atoms with Crippen molar-refractivity contribution in [2.24, 2.45) is 0 Å². The molecule has 1 saturated heterocycles. The summed E-state index contributed by atoms with van der Waals surface area (Å²) in [4.78, 5) is 0. The fraction of sp³-hybridized carbons (Fsp3) is 0.579. The summed E-state index contributed by atoms with van der Waals surface area (Å²) in [6, 6.07) is 6.40. The molecule has 3 rings (SSSR count). The lowest BCUT2D eigenvalue weighted by Crippen LogP contribution is -2.32. The second-order valence-corrected chi connectivity index (χ2v) is 8.10. The summed E-state index contributed by atoms with van der Waals surface area (Å²) in [6.45, 7) is 6.68. The summed E-state index contributed by atoms with van der Waals surface area (Å²) < 4.78 is 24.7. The molecule has 24 heavy (non-hydrogen) atoms. The summed E-state index contributed by atoms with van der Waals surface area (Å²) in [5, 5.41) is 3.32. The van der Waals surface area contributed by atoms with E-state index in [1.165, 1.54) is 10.1 Å². The van der Waals surface area contributed by atoms with E-state index >= 15 is 0 Å². The van der Waals surface area contributed by atoms with Gasteiger partial charge in [-0.25, -0.2) is 0 Å². The lowest BCUT2D eigenvalue weighted by molar-refractivity contribution is -0.0943. The Morgan fingerprint density at radius 2 is 2.04 bits per heavy atom. The topological polar surface area (TPSA) is 36.9 Å². The van der Waals surface area contributed by atoms with Gasteiger partial charge in [0.1, 0.15) is 11.9 Å². The molecule has 132 valence electrons. The van der Waals surface area contributed by atoms with E-state index in [0.717, 1.165) is 17.7 Å². The zero-order valence-electron chi connectivity index (χ0n) is 15.0. The Hall–Kier alpha value is -1.14. The van der Waals surface area contributed by atoms with Crippen LogP contribution in [0.1, 0.15) is 38.9 Å². The quantitative estimate of drug-likeness (QED) is 0.791. The van der Waals surface area contributed by atoms with E-state index in [1.807, 2.05) is 0 Å². The fourth-order valence-electron chi connectivity index (χ4n) is 3.08. The smallest absolute Gasteiger partial charge is 0.126 e. The minimum absolute atomic E-state index is 0.0280. The molecule has 0 N–H and O–H groups in total. The molecule has 0 aliphatic carbocycles. The third-order valence-corrected chi connectivity index (χ3v) is 5.21. The van der Waals surface area contributed by atoms with Crippen LogP contribution in [0.15, 0.2) is 23.6 Å². The van der Waals surface area contributed by atoms with Gasteiger partial charge in [-0.2, -0.15) is 0 Å². The van der Waals surface area contributed by atoms with Crippen molar-refractivity contribution < 1.29 is 18.9 Å². The Balaban J connectivity index is 1.82. The van der Waals surface area contributed by atoms with Gasteiger partial charge in [-0.05, 0) is 49.7 Å². The van der Waals surface area contributed by atoms with Gasteiger partial charge < -0.3 is 18.9 Å². The van der Waals surface area contributed by atoms with Crippen LogP contribution < -0.4 is 4.74 Å². The highest BCUT2D eigenvalue weighted by molar-refractivity contribution is 7.17. The zero-order chi connectivity index (χ0) is 17.3. The van der Waals surface area contributed by atoms with E-state index in [2.05, 4.69) is 44.4 Å². The summed E-state index contributed by atoms with van der Waals surface area (Å²) >= 11 is 1.72. The monoisotopic (exact) mass is 350 g/mol. The number of rotatable bonds is 5. The zero-order valence-corrected chi connectivity index (χ0v) is 15.8. The molecule has 4 nitrogen and oxygen atoms in total. The predicted octanol–water partition coefficient (Wildman–Crippen LogP) is 4.57. The van der Waals surface area contributed by atoms with Crippen molar-refractivity contribution in [1.29, 1.82) is 0 Å². The molecule has 0 saturated carbocycles. The maximum absolute atomic E-state index is 6.29. The molecule has 1 aliphatic heterocycles. The van der Waals surface area contributed by atoms with Gasteiger partial charge in [0, 0.05) is 23.8 Å². The second kappa shape index (κ2) is 7.00. The Morgan fingerprint density at radius 3 is 2.71 bits per heavy atom. The van der Waals surface area contributed by atoms with Gasteiger partial charge in [0.15, 0.2) is 0 Å². The van der Waals surface area contributed by atoms with Crippen LogP contribution in [0, 0.1) is 0 Å². The van der Waals surface area contributed by atoms with Crippen LogP contribution in [0.25, 0.3) is 10.1 Å². The highest BCUT2D eigenvalue weighted by Gasteiger charge is 2.38. The Kier molecular flexibility index (Phi) is 5.16. The predicted molar refractivity (Wildman–Crippen MR) is 97.1 cm³/mol. The SMILES string of the molecule is COc1cc2sccc2cc1[C@H]1C[C@@H](OC)[C@@H](COC(C)(C)C)O1. The number of hydrogen-bond donors (Lipinski definition) is 0. The van der Waals surface area contributed by atoms with E-state index in [9.17, 15) is 0 Å². The van der Waals surface area contributed by atoms with Crippen LogP contribution in [-0.4, -0.2) is 38.6 Å². The molecule has 5 heteroatoms. The van der Waals surface area contributed by atoms with Gasteiger partial charge in [-0.15, -0.1) is 11.3 Å². The minimum Gasteiger partial charge on any atom is -0.496 e. The van der Waals surface area contributed by atoms with Crippen molar-refractivity contribution in [3.8, 4) is 5.75 Å². The third-order valence-electron chi connectivity index (χ3n) is 4.34. The molecule has 1 fully saturated rings. The lowest BCUT2D eigenvalue weighted by Gasteiger charge is -2.24.